The van der Waals surface area contributed by atoms with Crippen molar-refractivity contribution in [2.75, 3.05) is 0 Å². The SMILES string of the molecule is Cn1nc(-c2ccc(F)c(C(F)(F)F)c2)cc1COc1ccc2ccn(CC(=O)O)c2c1. The Labute approximate surface area is 179 Å². The molecule has 2 heterocycles. The highest BCUT2D eigenvalue weighted by Crippen LogP contribution is 2.34. The van der Waals surface area contributed by atoms with Gasteiger partial charge in [0.1, 0.15) is 24.7 Å². The van der Waals surface area contributed by atoms with Crippen LogP contribution in [-0.4, -0.2) is 25.4 Å². The number of benzene rings is 2. The number of aromatic nitrogens is 3. The summed E-state index contributed by atoms with van der Waals surface area (Å²) in [5.41, 5.74) is 0.312. The van der Waals surface area contributed by atoms with E-state index in [1.54, 1.807) is 48.1 Å². The molecular weight excluding hydrogens is 430 g/mol. The molecule has 0 saturated heterocycles. The zero-order valence-corrected chi connectivity index (χ0v) is 16.7. The van der Waals surface area contributed by atoms with Gasteiger partial charge in [-0.15, -0.1) is 0 Å². The molecule has 0 spiro atoms. The smallest absolute Gasteiger partial charge is 0.419 e. The molecule has 0 aliphatic rings. The van der Waals surface area contributed by atoms with Crippen LogP contribution >= 0.6 is 0 Å². The lowest BCUT2D eigenvalue weighted by Gasteiger charge is -2.09. The molecule has 32 heavy (non-hydrogen) atoms. The second kappa shape index (κ2) is 8.03. The van der Waals surface area contributed by atoms with E-state index < -0.39 is 23.5 Å². The zero-order valence-electron chi connectivity index (χ0n) is 16.7. The lowest BCUT2D eigenvalue weighted by molar-refractivity contribution is -0.140. The molecule has 10 heteroatoms. The van der Waals surface area contributed by atoms with Crippen molar-refractivity contribution in [1.82, 2.24) is 14.3 Å². The van der Waals surface area contributed by atoms with Crippen LogP contribution in [0.2, 0.25) is 0 Å². The average Bonchev–Trinajstić information content (AvgIpc) is 3.28. The van der Waals surface area contributed by atoms with E-state index in [0.717, 1.165) is 17.5 Å². The molecule has 0 aliphatic heterocycles. The molecule has 1 N–H and O–H groups in total. The maximum atomic E-state index is 13.6. The molecule has 166 valence electrons. The molecule has 0 aliphatic carbocycles. The van der Waals surface area contributed by atoms with Crippen LogP contribution in [0.25, 0.3) is 22.2 Å². The number of alkyl halides is 3. The first kappa shape index (κ1) is 21.4. The molecule has 0 bridgehead atoms. The quantitative estimate of drug-likeness (QED) is 0.429. The molecule has 2 aromatic carbocycles. The van der Waals surface area contributed by atoms with Crippen molar-refractivity contribution in [2.24, 2.45) is 7.05 Å². The van der Waals surface area contributed by atoms with Gasteiger partial charge in [-0.25, -0.2) is 4.39 Å². The number of carbonyl (C=O) groups is 1. The van der Waals surface area contributed by atoms with E-state index in [1.165, 1.54) is 10.7 Å². The van der Waals surface area contributed by atoms with Gasteiger partial charge < -0.3 is 14.4 Å². The van der Waals surface area contributed by atoms with Crippen LogP contribution in [0.5, 0.6) is 5.75 Å². The van der Waals surface area contributed by atoms with E-state index in [0.29, 0.717) is 17.0 Å². The Morgan fingerprint density at radius 3 is 2.62 bits per heavy atom. The van der Waals surface area contributed by atoms with Crippen LogP contribution in [0.15, 0.2) is 54.7 Å². The van der Waals surface area contributed by atoms with Gasteiger partial charge in [-0.05, 0) is 47.9 Å². The molecule has 2 aromatic heterocycles. The summed E-state index contributed by atoms with van der Waals surface area (Å²) in [5.74, 6) is -1.82. The van der Waals surface area contributed by atoms with Crippen molar-refractivity contribution >= 4 is 16.9 Å². The van der Waals surface area contributed by atoms with Gasteiger partial charge in [0.2, 0.25) is 0 Å². The molecule has 0 amide bonds. The van der Waals surface area contributed by atoms with Gasteiger partial charge in [0.05, 0.1) is 22.5 Å². The molecule has 0 unspecified atom stereocenters. The largest absolute Gasteiger partial charge is 0.487 e. The highest BCUT2D eigenvalue weighted by molar-refractivity contribution is 5.83. The summed E-state index contributed by atoms with van der Waals surface area (Å²) >= 11 is 0. The van der Waals surface area contributed by atoms with Crippen molar-refractivity contribution in [1.29, 1.82) is 0 Å². The Morgan fingerprint density at radius 2 is 1.91 bits per heavy atom. The maximum Gasteiger partial charge on any atom is 0.419 e. The first-order chi connectivity index (χ1) is 15.1. The van der Waals surface area contributed by atoms with E-state index in [9.17, 15) is 22.4 Å². The van der Waals surface area contributed by atoms with Crippen LogP contribution in [0.3, 0.4) is 0 Å². The summed E-state index contributed by atoms with van der Waals surface area (Å²) in [6.45, 7) is -0.113. The number of aliphatic carboxylic acids is 1. The monoisotopic (exact) mass is 447 g/mol. The molecular formula is C22H17F4N3O3. The Morgan fingerprint density at radius 1 is 1.12 bits per heavy atom. The zero-order chi connectivity index (χ0) is 23.0. The van der Waals surface area contributed by atoms with E-state index in [4.69, 9.17) is 9.84 Å². The van der Waals surface area contributed by atoms with Gasteiger partial charge in [0.15, 0.2) is 0 Å². The van der Waals surface area contributed by atoms with Gasteiger partial charge in [-0.2, -0.15) is 18.3 Å². The number of nitrogens with zero attached hydrogens (tertiary/aromatic N) is 3. The number of ether oxygens (including phenoxy) is 1. The summed E-state index contributed by atoms with van der Waals surface area (Å²) in [5, 5.41) is 14.1. The first-order valence-corrected chi connectivity index (χ1v) is 9.45. The molecule has 6 nitrogen and oxygen atoms in total. The summed E-state index contributed by atoms with van der Waals surface area (Å²) in [7, 11) is 1.62. The van der Waals surface area contributed by atoms with E-state index in [1.807, 2.05) is 0 Å². The Bertz CT molecular complexity index is 1310. The van der Waals surface area contributed by atoms with Crippen LogP contribution in [-0.2, 0) is 31.2 Å². The summed E-state index contributed by atoms with van der Waals surface area (Å²) < 4.78 is 61.4. The van der Waals surface area contributed by atoms with Gasteiger partial charge in [-0.1, -0.05) is 0 Å². The number of aryl methyl sites for hydroxylation is 1. The minimum atomic E-state index is -4.81. The number of fused-ring (bicyclic) bond motifs is 1. The van der Waals surface area contributed by atoms with Crippen molar-refractivity contribution in [3.8, 4) is 17.0 Å². The Hall–Kier alpha value is -3.82. The van der Waals surface area contributed by atoms with Gasteiger partial charge >= 0.3 is 12.1 Å². The van der Waals surface area contributed by atoms with E-state index in [-0.39, 0.29) is 24.4 Å². The highest BCUT2D eigenvalue weighted by atomic mass is 19.4. The third-order valence-electron chi connectivity index (χ3n) is 4.98. The third kappa shape index (κ3) is 4.29. The van der Waals surface area contributed by atoms with Crippen molar-refractivity contribution in [2.45, 2.75) is 19.3 Å². The summed E-state index contributed by atoms with van der Waals surface area (Å²) in [6, 6.07) is 11.4. The predicted molar refractivity (Wildman–Crippen MR) is 108 cm³/mol. The fourth-order valence-electron chi connectivity index (χ4n) is 3.38. The molecule has 0 saturated carbocycles. The van der Waals surface area contributed by atoms with Gasteiger partial charge in [0.25, 0.3) is 0 Å². The fraction of sp³-hybridized carbons (Fsp3) is 0.182. The molecule has 4 aromatic rings. The Balaban J connectivity index is 1.55. The van der Waals surface area contributed by atoms with Crippen LogP contribution < -0.4 is 4.74 Å². The number of carboxylic acid groups (broad SMARTS) is 1. The topological polar surface area (TPSA) is 69.3 Å². The number of halogens is 4. The second-order valence-corrected chi connectivity index (χ2v) is 7.18. The van der Waals surface area contributed by atoms with Gasteiger partial charge in [-0.3, -0.25) is 9.48 Å². The summed E-state index contributed by atoms with van der Waals surface area (Å²) in [4.78, 5) is 11.0. The lowest BCUT2D eigenvalue weighted by atomic mass is 10.1. The first-order valence-electron chi connectivity index (χ1n) is 9.45. The number of rotatable bonds is 6. The van der Waals surface area contributed by atoms with Crippen molar-refractivity contribution in [3.63, 3.8) is 0 Å². The average molecular weight is 447 g/mol. The number of hydrogen-bond acceptors (Lipinski definition) is 3. The van der Waals surface area contributed by atoms with Crippen molar-refractivity contribution in [3.05, 3.63) is 71.8 Å². The van der Waals surface area contributed by atoms with Crippen molar-refractivity contribution < 1.29 is 32.2 Å². The van der Waals surface area contributed by atoms with Crippen LogP contribution in [0.1, 0.15) is 11.3 Å². The normalized spacial score (nSPS) is 11.8. The van der Waals surface area contributed by atoms with E-state index in [2.05, 4.69) is 5.10 Å². The van der Waals surface area contributed by atoms with Gasteiger partial charge in [0, 0.05) is 24.9 Å². The highest BCUT2D eigenvalue weighted by Gasteiger charge is 2.34. The van der Waals surface area contributed by atoms with Crippen LogP contribution in [0.4, 0.5) is 17.6 Å². The minimum absolute atomic E-state index is 0.0714. The Kier molecular flexibility index (Phi) is 5.37. The van der Waals surface area contributed by atoms with Crippen LogP contribution in [0, 0.1) is 5.82 Å². The second-order valence-electron chi connectivity index (χ2n) is 7.18. The molecule has 0 radical (unpaired) electrons. The minimum Gasteiger partial charge on any atom is -0.487 e. The predicted octanol–water partition coefficient (Wildman–Crippen LogP) is 4.86. The molecule has 0 atom stereocenters. The fourth-order valence-corrected chi connectivity index (χ4v) is 3.38. The summed E-state index contributed by atoms with van der Waals surface area (Å²) in [6.07, 6.45) is -3.13. The lowest BCUT2D eigenvalue weighted by Crippen LogP contribution is -2.08. The van der Waals surface area contributed by atoms with E-state index >= 15 is 0 Å². The number of hydrogen-bond donors (Lipinski definition) is 1. The molecule has 0 fully saturated rings. The maximum absolute atomic E-state index is 13.6. The molecule has 4 rings (SSSR count). The standard InChI is InChI=1S/C22H17F4N3O3/c1-28-15(9-19(27-28)14-3-5-18(23)17(8-14)22(24,25)26)12-32-16-4-2-13-6-7-29(11-21(30)31)20(13)10-16/h2-10H,11-12H2,1H3,(H,30,31). The third-order valence-corrected chi connectivity index (χ3v) is 4.98. The number of carboxylic acids is 1.